The number of H-pyrrole nitrogens is 1. The molecule has 0 saturated heterocycles. The molecule has 0 unspecified atom stereocenters. The number of methoxy groups -OCH3 is 1. The first-order chi connectivity index (χ1) is 15.1. The average Bonchev–Trinajstić information content (AvgIpc) is 3.19. The molecule has 4 aromatic rings. The largest absolute Gasteiger partial charge is 0.497 e. The maximum Gasteiger partial charge on any atom is 0.332 e. The van der Waals surface area contributed by atoms with E-state index in [0.717, 1.165) is 13.7 Å². The summed E-state index contributed by atoms with van der Waals surface area (Å²) in [6.45, 7) is 0. The summed E-state index contributed by atoms with van der Waals surface area (Å²) in [6.07, 6.45) is 0. The van der Waals surface area contributed by atoms with Crippen molar-refractivity contribution in [3.8, 4) is 28.1 Å². The van der Waals surface area contributed by atoms with Crippen molar-refractivity contribution in [2.45, 2.75) is 0 Å². The van der Waals surface area contributed by atoms with E-state index in [1.54, 1.807) is 24.3 Å². The van der Waals surface area contributed by atoms with Gasteiger partial charge in [0.15, 0.2) is 0 Å². The van der Waals surface area contributed by atoms with Crippen LogP contribution in [0, 0.1) is 0 Å². The summed E-state index contributed by atoms with van der Waals surface area (Å²) < 4.78 is 9.52. The number of fused-ring (bicyclic) bond motifs is 1. The second-order valence-corrected chi connectivity index (χ2v) is 7.50. The number of hydrogen-bond donors (Lipinski definition) is 2. The van der Waals surface area contributed by atoms with Gasteiger partial charge in [0.05, 0.1) is 23.8 Å². The van der Waals surface area contributed by atoms with Crippen LogP contribution in [-0.2, 0) is 28.2 Å². The van der Waals surface area contributed by atoms with Gasteiger partial charge in [-0.2, -0.15) is 0 Å². The van der Waals surface area contributed by atoms with Crippen LogP contribution in [0.15, 0.2) is 43.4 Å². The van der Waals surface area contributed by atoms with Crippen LogP contribution in [0.1, 0.15) is 0 Å². The molecule has 0 fully saturated rings. The molecule has 166 valence electrons. The van der Waals surface area contributed by atoms with Crippen LogP contribution in [0.25, 0.3) is 33.4 Å². The van der Waals surface area contributed by atoms with Gasteiger partial charge in [-0.1, -0.05) is 0 Å². The molecule has 11 heteroatoms. The Bertz CT molecular complexity index is 1630. The highest BCUT2D eigenvalue weighted by molar-refractivity contribution is 6.04. The van der Waals surface area contributed by atoms with Crippen LogP contribution in [0.5, 0.6) is 5.75 Å². The van der Waals surface area contributed by atoms with E-state index in [4.69, 9.17) is 10.5 Å². The minimum Gasteiger partial charge on any atom is -0.497 e. The Balaban J connectivity index is 2.29. The van der Waals surface area contributed by atoms with Crippen LogP contribution >= 0.6 is 0 Å². The van der Waals surface area contributed by atoms with Gasteiger partial charge in [-0.15, -0.1) is 0 Å². The third kappa shape index (κ3) is 2.74. The second kappa shape index (κ2) is 7.15. The lowest BCUT2D eigenvalue weighted by Crippen LogP contribution is -2.39. The Morgan fingerprint density at radius 1 is 0.781 bits per heavy atom. The molecule has 4 rings (SSSR count). The molecule has 11 nitrogen and oxygen atoms in total. The summed E-state index contributed by atoms with van der Waals surface area (Å²) in [4.78, 5) is 54.4. The van der Waals surface area contributed by atoms with Gasteiger partial charge in [0.25, 0.3) is 11.1 Å². The fourth-order valence-corrected chi connectivity index (χ4v) is 3.84. The zero-order valence-electron chi connectivity index (χ0n) is 18.2. The summed E-state index contributed by atoms with van der Waals surface area (Å²) >= 11 is 0. The molecule has 1 aromatic carbocycles. The van der Waals surface area contributed by atoms with Crippen LogP contribution in [-0.4, -0.2) is 30.4 Å². The van der Waals surface area contributed by atoms with E-state index in [2.05, 4.69) is 4.98 Å². The summed E-state index contributed by atoms with van der Waals surface area (Å²) in [6, 6.07) is 6.95. The monoisotopic (exact) mass is 438 g/mol. The third-order valence-corrected chi connectivity index (χ3v) is 5.75. The first-order valence-electron chi connectivity index (χ1n) is 9.62. The van der Waals surface area contributed by atoms with E-state index in [0.29, 0.717) is 17.0 Å². The highest BCUT2D eigenvalue weighted by Crippen LogP contribution is 2.37. The van der Waals surface area contributed by atoms with Gasteiger partial charge in [-0.25, -0.2) is 9.59 Å². The Kier molecular flexibility index (Phi) is 4.69. The zero-order valence-corrected chi connectivity index (χ0v) is 18.2. The van der Waals surface area contributed by atoms with Gasteiger partial charge in [-0.3, -0.25) is 27.9 Å². The molecule has 0 atom stereocenters. The smallest absolute Gasteiger partial charge is 0.332 e. The maximum atomic E-state index is 13.2. The maximum absolute atomic E-state index is 13.2. The van der Waals surface area contributed by atoms with Gasteiger partial charge < -0.3 is 15.5 Å². The van der Waals surface area contributed by atoms with Crippen molar-refractivity contribution in [2.24, 2.45) is 28.2 Å². The van der Waals surface area contributed by atoms with E-state index in [1.165, 1.54) is 39.9 Å². The Labute approximate surface area is 180 Å². The minimum absolute atomic E-state index is 0.0117. The standard InChI is InChI=1S/C21H22N6O5/c1-24-16(22)13(18(28)26(3)20(24)30)12-14-17(25(2)21(31)27(4)19(14)29)23-15(12)10-6-8-11(32-5)9-7-10/h6-9,23H,22H2,1-5H3. The van der Waals surface area contributed by atoms with E-state index in [9.17, 15) is 19.2 Å². The van der Waals surface area contributed by atoms with Gasteiger partial charge in [0.2, 0.25) is 0 Å². The number of aryl methyl sites for hydroxylation is 1. The third-order valence-electron chi connectivity index (χ3n) is 5.75. The summed E-state index contributed by atoms with van der Waals surface area (Å²) in [7, 11) is 7.19. The normalized spacial score (nSPS) is 11.3. The van der Waals surface area contributed by atoms with Crippen LogP contribution in [0.4, 0.5) is 5.82 Å². The predicted octanol–water partition coefficient (Wildman–Crippen LogP) is -0.112. The van der Waals surface area contributed by atoms with Gasteiger partial charge in [0.1, 0.15) is 17.2 Å². The van der Waals surface area contributed by atoms with Crippen molar-refractivity contribution < 1.29 is 4.74 Å². The summed E-state index contributed by atoms with van der Waals surface area (Å²) in [5.74, 6) is 0.525. The lowest BCUT2D eigenvalue weighted by atomic mass is 10.00. The number of nitrogens with one attached hydrogen (secondary N) is 1. The molecule has 0 bridgehead atoms. The van der Waals surface area contributed by atoms with Crippen molar-refractivity contribution >= 4 is 16.9 Å². The number of aromatic nitrogens is 5. The van der Waals surface area contributed by atoms with E-state index < -0.39 is 22.5 Å². The Morgan fingerprint density at radius 3 is 1.94 bits per heavy atom. The van der Waals surface area contributed by atoms with Crippen molar-refractivity contribution in [3.05, 3.63) is 65.9 Å². The molecule has 3 heterocycles. The van der Waals surface area contributed by atoms with Crippen molar-refractivity contribution in [1.82, 2.24) is 23.3 Å². The van der Waals surface area contributed by atoms with Crippen LogP contribution < -0.4 is 33.0 Å². The molecule has 0 spiro atoms. The quantitative estimate of drug-likeness (QED) is 0.457. The number of nitrogens with zero attached hydrogens (tertiary/aromatic N) is 4. The average molecular weight is 438 g/mol. The number of benzene rings is 1. The number of anilines is 1. The van der Waals surface area contributed by atoms with Crippen LogP contribution in [0.2, 0.25) is 0 Å². The highest BCUT2D eigenvalue weighted by atomic mass is 16.5. The number of nitrogen functional groups attached to an aromatic ring is 1. The van der Waals surface area contributed by atoms with Crippen molar-refractivity contribution in [2.75, 3.05) is 12.8 Å². The van der Waals surface area contributed by atoms with E-state index in [1.807, 2.05) is 0 Å². The molecule has 3 aromatic heterocycles. The number of aromatic amines is 1. The first-order valence-corrected chi connectivity index (χ1v) is 9.62. The highest BCUT2D eigenvalue weighted by Gasteiger charge is 2.27. The molecule has 0 aliphatic carbocycles. The van der Waals surface area contributed by atoms with E-state index >= 15 is 0 Å². The van der Waals surface area contributed by atoms with Gasteiger partial charge in [-0.05, 0) is 29.8 Å². The number of ether oxygens (including phenoxy) is 1. The predicted molar refractivity (Wildman–Crippen MR) is 121 cm³/mol. The molecular formula is C21H22N6O5. The minimum atomic E-state index is -0.655. The Hall–Kier alpha value is -4.28. The van der Waals surface area contributed by atoms with Crippen molar-refractivity contribution in [1.29, 1.82) is 0 Å². The first kappa shape index (κ1) is 21.0. The molecule has 3 N–H and O–H groups in total. The topological polar surface area (TPSA) is 139 Å². The molecule has 32 heavy (non-hydrogen) atoms. The lowest BCUT2D eigenvalue weighted by Gasteiger charge is -2.13. The molecule has 0 radical (unpaired) electrons. The van der Waals surface area contributed by atoms with E-state index in [-0.39, 0.29) is 28.0 Å². The fraction of sp³-hybridized carbons (Fsp3) is 0.238. The molecule has 0 amide bonds. The summed E-state index contributed by atoms with van der Waals surface area (Å²) in [5, 5.41) is 0.114. The molecule has 0 aliphatic rings. The second-order valence-electron chi connectivity index (χ2n) is 7.50. The Morgan fingerprint density at radius 2 is 1.34 bits per heavy atom. The number of hydrogen-bond acceptors (Lipinski definition) is 6. The lowest BCUT2D eigenvalue weighted by molar-refractivity contribution is 0.415. The number of rotatable bonds is 3. The zero-order chi connectivity index (χ0) is 23.5. The van der Waals surface area contributed by atoms with Gasteiger partial charge in [0, 0.05) is 33.8 Å². The number of nitrogens with two attached hydrogens (primary N) is 1. The fourth-order valence-electron chi connectivity index (χ4n) is 3.84. The molecule has 0 aliphatic heterocycles. The van der Waals surface area contributed by atoms with Crippen molar-refractivity contribution in [3.63, 3.8) is 0 Å². The summed E-state index contributed by atoms with van der Waals surface area (Å²) in [5.41, 5.74) is 5.32. The van der Waals surface area contributed by atoms with Gasteiger partial charge >= 0.3 is 11.4 Å². The SMILES string of the molecule is COc1ccc(-c2[nH]c3c(c2-c2c(N)n(C)c(=O)n(C)c2=O)c(=O)n(C)c(=O)n3C)cc1. The molecular weight excluding hydrogens is 416 g/mol. The van der Waals surface area contributed by atoms with Crippen LogP contribution in [0.3, 0.4) is 0 Å². The molecule has 0 saturated carbocycles.